The van der Waals surface area contributed by atoms with Crippen LogP contribution < -0.4 is 0 Å². The van der Waals surface area contributed by atoms with Gasteiger partial charge in [-0.3, -0.25) is 0 Å². The topological polar surface area (TPSA) is 63.6 Å². The third-order valence-corrected chi connectivity index (χ3v) is 8.15. The number of rotatable bonds is 7. The van der Waals surface area contributed by atoms with Crippen LogP contribution in [0.25, 0.3) is 6.08 Å². The van der Waals surface area contributed by atoms with Crippen LogP contribution in [0.5, 0.6) is 5.75 Å². The molecule has 2 heterocycles. The maximum atomic E-state index is 12.5. The lowest BCUT2D eigenvalue weighted by molar-refractivity contribution is 0.117. The lowest BCUT2D eigenvalue weighted by Gasteiger charge is -2.17. The van der Waals surface area contributed by atoms with Gasteiger partial charge in [0.05, 0.1) is 18.5 Å². The molecule has 1 aromatic rings. The van der Waals surface area contributed by atoms with Gasteiger partial charge >= 0.3 is 0 Å². The van der Waals surface area contributed by atoms with Crippen molar-refractivity contribution in [3.8, 4) is 5.75 Å². The van der Waals surface area contributed by atoms with E-state index in [9.17, 15) is 13.5 Å². The molecule has 1 aromatic carbocycles. The molecule has 0 bridgehead atoms. The minimum Gasteiger partial charge on any atom is -0.507 e. The van der Waals surface area contributed by atoms with Crippen molar-refractivity contribution >= 4 is 15.9 Å². The fourth-order valence-corrected chi connectivity index (χ4v) is 6.77. The lowest BCUT2D eigenvalue weighted by atomic mass is 9.91. The standard InChI is InChI=1S/C24H34O4S/c1-6-7-18(12-19-10-16(4)24(25)17(5)11-19)8-9-21-23-20(15(2)3)14-29(26,27)22(23)13-28-21/h10-12,15,21-22,25H,6-9,13-14H2,1-5H3/b18-12+/t21-,22+/m1/s1. The molecule has 0 spiro atoms. The molecular weight excluding hydrogens is 384 g/mol. The minimum absolute atomic E-state index is 0.0850. The van der Waals surface area contributed by atoms with Crippen LogP contribution in [0.4, 0.5) is 0 Å². The lowest BCUT2D eigenvalue weighted by Crippen LogP contribution is -2.19. The first kappa shape index (κ1) is 22.1. The van der Waals surface area contributed by atoms with Crippen molar-refractivity contribution in [3.05, 3.63) is 45.5 Å². The Balaban J connectivity index is 1.80. The Kier molecular flexibility index (Phi) is 6.59. The average molecular weight is 419 g/mol. The van der Waals surface area contributed by atoms with E-state index >= 15 is 0 Å². The van der Waals surface area contributed by atoms with E-state index in [1.54, 1.807) is 0 Å². The van der Waals surface area contributed by atoms with E-state index in [0.717, 1.165) is 53.5 Å². The average Bonchev–Trinajstić information content (AvgIpc) is 3.17. The molecule has 2 aliphatic heterocycles. The van der Waals surface area contributed by atoms with E-state index in [-0.39, 0.29) is 17.8 Å². The van der Waals surface area contributed by atoms with Gasteiger partial charge in [-0.2, -0.15) is 0 Å². The second-order valence-electron chi connectivity index (χ2n) is 8.85. The summed E-state index contributed by atoms with van der Waals surface area (Å²) in [4.78, 5) is 0. The van der Waals surface area contributed by atoms with Crippen molar-refractivity contribution in [2.45, 2.75) is 71.7 Å². The minimum atomic E-state index is -3.10. The van der Waals surface area contributed by atoms with Crippen LogP contribution in [0, 0.1) is 19.8 Å². The first-order valence-electron chi connectivity index (χ1n) is 10.7. The van der Waals surface area contributed by atoms with Crippen LogP contribution in [0.15, 0.2) is 28.9 Å². The Hall–Kier alpha value is -1.59. The zero-order valence-electron chi connectivity index (χ0n) is 18.3. The number of benzene rings is 1. The predicted molar refractivity (Wildman–Crippen MR) is 119 cm³/mol. The number of hydrogen-bond acceptors (Lipinski definition) is 4. The van der Waals surface area contributed by atoms with Crippen LogP contribution in [0.3, 0.4) is 0 Å². The molecule has 5 heteroatoms. The highest BCUT2D eigenvalue weighted by Gasteiger charge is 2.47. The second kappa shape index (κ2) is 8.65. The number of allylic oxidation sites excluding steroid dienone is 1. The molecule has 0 saturated carbocycles. The molecule has 0 aromatic heterocycles. The van der Waals surface area contributed by atoms with Gasteiger partial charge < -0.3 is 9.84 Å². The van der Waals surface area contributed by atoms with Crippen molar-refractivity contribution < 1.29 is 18.3 Å². The predicted octanol–water partition coefficient (Wildman–Crippen LogP) is 5.12. The molecular formula is C24H34O4S. The summed E-state index contributed by atoms with van der Waals surface area (Å²) in [5, 5.41) is 9.60. The number of sulfone groups is 1. The molecule has 1 N–H and O–H groups in total. The molecule has 1 saturated heterocycles. The van der Waals surface area contributed by atoms with Crippen molar-refractivity contribution in [1.29, 1.82) is 0 Å². The maximum absolute atomic E-state index is 12.5. The van der Waals surface area contributed by atoms with Crippen molar-refractivity contribution in [2.75, 3.05) is 12.4 Å². The van der Waals surface area contributed by atoms with Gasteiger partial charge in [0.1, 0.15) is 11.0 Å². The highest BCUT2D eigenvalue weighted by atomic mass is 32.2. The molecule has 160 valence electrons. The monoisotopic (exact) mass is 418 g/mol. The molecule has 2 atom stereocenters. The second-order valence-corrected chi connectivity index (χ2v) is 11.0. The number of fused-ring (bicyclic) bond motifs is 1. The van der Waals surface area contributed by atoms with Crippen LogP contribution in [-0.4, -0.2) is 37.2 Å². The Morgan fingerprint density at radius 2 is 1.90 bits per heavy atom. The summed E-state index contributed by atoms with van der Waals surface area (Å²) in [5.41, 5.74) is 6.35. The van der Waals surface area contributed by atoms with Crippen molar-refractivity contribution in [2.24, 2.45) is 5.92 Å². The summed E-state index contributed by atoms with van der Waals surface area (Å²) in [7, 11) is -3.10. The first-order valence-corrected chi connectivity index (χ1v) is 12.4. The van der Waals surface area contributed by atoms with E-state index in [1.807, 2.05) is 26.0 Å². The molecule has 0 amide bonds. The molecule has 0 unspecified atom stereocenters. The molecule has 4 nitrogen and oxygen atoms in total. The molecule has 29 heavy (non-hydrogen) atoms. The zero-order chi connectivity index (χ0) is 21.3. The summed E-state index contributed by atoms with van der Waals surface area (Å²) in [6.45, 7) is 10.5. The Labute approximate surface area is 175 Å². The van der Waals surface area contributed by atoms with Gasteiger partial charge in [-0.05, 0) is 79.0 Å². The van der Waals surface area contributed by atoms with Gasteiger partial charge in [0.2, 0.25) is 0 Å². The van der Waals surface area contributed by atoms with E-state index < -0.39 is 15.1 Å². The van der Waals surface area contributed by atoms with Crippen LogP contribution in [-0.2, 0) is 14.6 Å². The SMILES string of the molecule is CCC/C(=C\c1cc(C)c(O)c(C)c1)CC[C@H]1OC[C@H]2C1=C(C(C)C)CS2(=O)=O. The normalized spacial score (nSPS) is 23.9. The first-order chi connectivity index (χ1) is 13.6. The van der Waals surface area contributed by atoms with E-state index in [4.69, 9.17) is 4.74 Å². The van der Waals surface area contributed by atoms with Gasteiger partial charge in [-0.1, -0.05) is 38.8 Å². The zero-order valence-corrected chi connectivity index (χ0v) is 19.1. The fraction of sp³-hybridized carbons (Fsp3) is 0.583. The third-order valence-electron chi connectivity index (χ3n) is 6.18. The van der Waals surface area contributed by atoms with E-state index in [2.05, 4.69) is 26.8 Å². The van der Waals surface area contributed by atoms with E-state index in [1.165, 1.54) is 5.57 Å². The van der Waals surface area contributed by atoms with Gasteiger partial charge in [0.15, 0.2) is 9.84 Å². The Morgan fingerprint density at radius 3 is 2.48 bits per heavy atom. The Morgan fingerprint density at radius 1 is 1.24 bits per heavy atom. The van der Waals surface area contributed by atoms with Gasteiger partial charge in [0.25, 0.3) is 0 Å². The van der Waals surface area contributed by atoms with E-state index in [0.29, 0.717) is 12.4 Å². The number of phenols is 1. The molecule has 0 radical (unpaired) electrons. The van der Waals surface area contributed by atoms with Crippen LogP contribution in [0.1, 0.15) is 63.1 Å². The largest absolute Gasteiger partial charge is 0.507 e. The molecule has 1 fully saturated rings. The van der Waals surface area contributed by atoms with Crippen LogP contribution in [0.2, 0.25) is 0 Å². The summed E-state index contributed by atoms with van der Waals surface area (Å²) in [6.07, 6.45) is 5.91. The number of aryl methyl sites for hydroxylation is 2. The number of hydrogen-bond donors (Lipinski definition) is 1. The Bertz CT molecular complexity index is 915. The summed E-state index contributed by atoms with van der Waals surface area (Å²) >= 11 is 0. The third kappa shape index (κ3) is 4.61. The molecule has 0 aliphatic carbocycles. The van der Waals surface area contributed by atoms with Gasteiger partial charge in [-0.25, -0.2) is 8.42 Å². The number of phenolic OH excluding ortho intramolecular Hbond substituents is 1. The smallest absolute Gasteiger partial charge is 0.163 e. The summed E-state index contributed by atoms with van der Waals surface area (Å²) < 4.78 is 31.0. The van der Waals surface area contributed by atoms with Crippen molar-refractivity contribution in [1.82, 2.24) is 0 Å². The number of ether oxygens (including phenoxy) is 1. The summed E-state index contributed by atoms with van der Waals surface area (Å²) in [5.74, 6) is 0.802. The van der Waals surface area contributed by atoms with Crippen molar-refractivity contribution in [3.63, 3.8) is 0 Å². The fourth-order valence-electron chi connectivity index (χ4n) is 4.66. The highest BCUT2D eigenvalue weighted by Crippen LogP contribution is 2.41. The number of aromatic hydroxyl groups is 1. The highest BCUT2D eigenvalue weighted by molar-refractivity contribution is 7.92. The van der Waals surface area contributed by atoms with Gasteiger partial charge in [0, 0.05) is 0 Å². The summed E-state index contributed by atoms with van der Waals surface area (Å²) in [6, 6.07) is 4.03. The van der Waals surface area contributed by atoms with Crippen LogP contribution >= 0.6 is 0 Å². The van der Waals surface area contributed by atoms with Gasteiger partial charge in [-0.15, -0.1) is 0 Å². The maximum Gasteiger partial charge on any atom is 0.163 e. The molecule has 2 aliphatic rings. The quantitative estimate of drug-likeness (QED) is 0.624. The molecule has 3 rings (SSSR count).